The Morgan fingerprint density at radius 3 is 2.44 bits per heavy atom. The summed E-state index contributed by atoms with van der Waals surface area (Å²) in [4.78, 5) is 22.3. The lowest BCUT2D eigenvalue weighted by Crippen LogP contribution is -2.42. The Morgan fingerprint density at radius 1 is 1.33 bits per heavy atom. The Labute approximate surface area is 104 Å². The minimum Gasteiger partial charge on any atom is -0.480 e. The molecule has 1 atom stereocenters. The molecule has 0 saturated carbocycles. The fourth-order valence-corrected chi connectivity index (χ4v) is 1.40. The Kier molecular flexibility index (Phi) is 5.10. The first-order valence-corrected chi connectivity index (χ1v) is 5.58. The molecular formula is C12H15FN2O3. The van der Waals surface area contributed by atoms with Gasteiger partial charge in [0.2, 0.25) is 0 Å². The minimum atomic E-state index is -1.08. The molecule has 0 radical (unpaired) electrons. The van der Waals surface area contributed by atoms with Gasteiger partial charge in [-0.15, -0.1) is 0 Å². The summed E-state index contributed by atoms with van der Waals surface area (Å²) < 4.78 is 12.6. The van der Waals surface area contributed by atoms with Crippen molar-refractivity contribution >= 4 is 17.7 Å². The molecule has 98 valence electrons. The van der Waals surface area contributed by atoms with Crippen LogP contribution in [-0.2, 0) is 4.79 Å². The SMILES string of the molecule is CCCC(NC(=O)Nc1ccc(F)cc1)C(=O)O. The average Bonchev–Trinajstić information content (AvgIpc) is 2.31. The van der Waals surface area contributed by atoms with E-state index in [-0.39, 0.29) is 0 Å². The van der Waals surface area contributed by atoms with Gasteiger partial charge in [-0.1, -0.05) is 13.3 Å². The van der Waals surface area contributed by atoms with Crippen LogP contribution >= 0.6 is 0 Å². The molecule has 0 saturated heterocycles. The molecule has 1 rings (SSSR count). The van der Waals surface area contributed by atoms with Crippen LogP contribution in [0.1, 0.15) is 19.8 Å². The van der Waals surface area contributed by atoms with Gasteiger partial charge in [0.25, 0.3) is 0 Å². The zero-order valence-electron chi connectivity index (χ0n) is 9.94. The molecule has 1 unspecified atom stereocenters. The number of carbonyl (C=O) groups excluding carboxylic acids is 1. The van der Waals surface area contributed by atoms with Crippen LogP contribution in [0.5, 0.6) is 0 Å². The summed E-state index contributed by atoms with van der Waals surface area (Å²) in [5.41, 5.74) is 0.398. The molecule has 0 aliphatic carbocycles. The van der Waals surface area contributed by atoms with E-state index in [9.17, 15) is 14.0 Å². The number of hydrogen-bond donors (Lipinski definition) is 3. The first-order valence-electron chi connectivity index (χ1n) is 5.58. The number of aliphatic carboxylic acids is 1. The van der Waals surface area contributed by atoms with Crippen LogP contribution in [0.4, 0.5) is 14.9 Å². The van der Waals surface area contributed by atoms with Crippen molar-refractivity contribution in [2.45, 2.75) is 25.8 Å². The van der Waals surface area contributed by atoms with E-state index in [4.69, 9.17) is 5.11 Å². The van der Waals surface area contributed by atoms with E-state index >= 15 is 0 Å². The maximum absolute atomic E-state index is 12.6. The van der Waals surface area contributed by atoms with Crippen LogP contribution in [-0.4, -0.2) is 23.1 Å². The lowest BCUT2D eigenvalue weighted by molar-refractivity contribution is -0.139. The van der Waals surface area contributed by atoms with Gasteiger partial charge >= 0.3 is 12.0 Å². The van der Waals surface area contributed by atoms with E-state index in [1.807, 2.05) is 6.92 Å². The fraction of sp³-hybridized carbons (Fsp3) is 0.333. The molecule has 18 heavy (non-hydrogen) atoms. The van der Waals surface area contributed by atoms with Crippen LogP contribution in [0.15, 0.2) is 24.3 Å². The quantitative estimate of drug-likeness (QED) is 0.753. The smallest absolute Gasteiger partial charge is 0.326 e. The van der Waals surface area contributed by atoms with E-state index in [0.29, 0.717) is 18.5 Å². The Hall–Kier alpha value is -2.11. The molecule has 2 amide bonds. The molecule has 0 fully saturated rings. The van der Waals surface area contributed by atoms with Crippen LogP contribution in [0, 0.1) is 5.82 Å². The third-order valence-electron chi connectivity index (χ3n) is 2.28. The number of rotatable bonds is 5. The highest BCUT2D eigenvalue weighted by molar-refractivity contribution is 5.92. The standard InChI is InChI=1S/C12H15FN2O3/c1-2-3-10(11(16)17)15-12(18)14-9-6-4-8(13)5-7-9/h4-7,10H,2-3H2,1H3,(H,16,17)(H2,14,15,18). The van der Waals surface area contributed by atoms with Crippen LogP contribution in [0.2, 0.25) is 0 Å². The number of carboxylic acid groups (broad SMARTS) is 1. The van der Waals surface area contributed by atoms with Gasteiger partial charge in [0.15, 0.2) is 0 Å². The van der Waals surface area contributed by atoms with Crippen molar-refractivity contribution in [2.24, 2.45) is 0 Å². The van der Waals surface area contributed by atoms with E-state index in [1.165, 1.54) is 24.3 Å². The lowest BCUT2D eigenvalue weighted by atomic mass is 10.2. The third kappa shape index (κ3) is 4.40. The summed E-state index contributed by atoms with van der Waals surface area (Å²) in [7, 11) is 0. The summed E-state index contributed by atoms with van der Waals surface area (Å²) in [6.07, 6.45) is 1.000. The molecule has 0 bridgehead atoms. The molecule has 6 heteroatoms. The van der Waals surface area contributed by atoms with Crippen molar-refractivity contribution in [1.29, 1.82) is 0 Å². The van der Waals surface area contributed by atoms with Crippen LogP contribution in [0.25, 0.3) is 0 Å². The van der Waals surface area contributed by atoms with Gasteiger partial charge in [0.05, 0.1) is 0 Å². The van der Waals surface area contributed by atoms with E-state index in [2.05, 4.69) is 10.6 Å². The largest absolute Gasteiger partial charge is 0.480 e. The van der Waals surface area contributed by atoms with Gasteiger partial charge in [0.1, 0.15) is 11.9 Å². The second-order valence-corrected chi connectivity index (χ2v) is 3.78. The van der Waals surface area contributed by atoms with Crippen molar-refractivity contribution in [3.8, 4) is 0 Å². The minimum absolute atomic E-state index is 0.353. The van der Waals surface area contributed by atoms with Gasteiger partial charge in [-0.2, -0.15) is 0 Å². The van der Waals surface area contributed by atoms with E-state index in [0.717, 1.165) is 0 Å². The maximum atomic E-state index is 12.6. The Balaban J connectivity index is 2.54. The topological polar surface area (TPSA) is 78.4 Å². The average molecular weight is 254 g/mol. The lowest BCUT2D eigenvalue weighted by Gasteiger charge is -2.14. The number of halogens is 1. The van der Waals surface area contributed by atoms with Gasteiger partial charge in [-0.25, -0.2) is 14.0 Å². The van der Waals surface area contributed by atoms with Crippen molar-refractivity contribution in [1.82, 2.24) is 5.32 Å². The Bertz CT molecular complexity index is 420. The number of anilines is 1. The molecule has 0 aromatic heterocycles. The highest BCUT2D eigenvalue weighted by Crippen LogP contribution is 2.08. The van der Waals surface area contributed by atoms with E-state index < -0.39 is 23.9 Å². The molecule has 0 spiro atoms. The number of benzene rings is 1. The molecule has 0 aliphatic heterocycles. The highest BCUT2D eigenvalue weighted by atomic mass is 19.1. The monoisotopic (exact) mass is 254 g/mol. The number of hydrogen-bond acceptors (Lipinski definition) is 2. The number of carbonyl (C=O) groups is 2. The van der Waals surface area contributed by atoms with Crippen molar-refractivity contribution < 1.29 is 19.1 Å². The van der Waals surface area contributed by atoms with E-state index in [1.54, 1.807) is 0 Å². The zero-order valence-corrected chi connectivity index (χ0v) is 9.94. The fourth-order valence-electron chi connectivity index (χ4n) is 1.40. The van der Waals surface area contributed by atoms with Crippen molar-refractivity contribution in [3.63, 3.8) is 0 Å². The summed E-state index contributed by atoms with van der Waals surface area (Å²) in [5.74, 6) is -1.48. The number of urea groups is 1. The van der Waals surface area contributed by atoms with Gasteiger partial charge in [-0.3, -0.25) is 0 Å². The van der Waals surface area contributed by atoms with Crippen LogP contribution in [0.3, 0.4) is 0 Å². The van der Waals surface area contributed by atoms with Gasteiger partial charge in [0, 0.05) is 5.69 Å². The second-order valence-electron chi connectivity index (χ2n) is 3.78. The summed E-state index contributed by atoms with van der Waals surface area (Å²) in [6, 6.07) is 3.65. The molecule has 5 nitrogen and oxygen atoms in total. The predicted molar refractivity (Wildman–Crippen MR) is 64.9 cm³/mol. The maximum Gasteiger partial charge on any atom is 0.326 e. The highest BCUT2D eigenvalue weighted by Gasteiger charge is 2.18. The summed E-state index contributed by atoms with van der Waals surface area (Å²) >= 11 is 0. The van der Waals surface area contributed by atoms with Crippen LogP contribution < -0.4 is 10.6 Å². The summed E-state index contributed by atoms with van der Waals surface area (Å²) in [5, 5.41) is 13.6. The normalized spacial score (nSPS) is 11.7. The first-order chi connectivity index (χ1) is 8.52. The van der Waals surface area contributed by atoms with Crippen molar-refractivity contribution in [3.05, 3.63) is 30.1 Å². The molecule has 0 heterocycles. The number of nitrogens with one attached hydrogen (secondary N) is 2. The second kappa shape index (κ2) is 6.58. The molecule has 1 aromatic carbocycles. The number of carboxylic acids is 1. The van der Waals surface area contributed by atoms with Gasteiger partial charge in [-0.05, 0) is 30.7 Å². The zero-order chi connectivity index (χ0) is 13.5. The number of amides is 2. The molecular weight excluding hydrogens is 239 g/mol. The third-order valence-corrected chi connectivity index (χ3v) is 2.28. The Morgan fingerprint density at radius 2 is 1.94 bits per heavy atom. The van der Waals surface area contributed by atoms with Gasteiger partial charge < -0.3 is 15.7 Å². The predicted octanol–water partition coefficient (Wildman–Crippen LogP) is 2.20. The van der Waals surface area contributed by atoms with Crippen molar-refractivity contribution in [2.75, 3.05) is 5.32 Å². The molecule has 3 N–H and O–H groups in total. The molecule has 0 aliphatic rings. The first kappa shape index (κ1) is 14.0. The molecule has 1 aromatic rings. The summed E-state index contributed by atoms with van der Waals surface area (Å²) in [6.45, 7) is 1.83.